The van der Waals surface area contributed by atoms with E-state index in [1.54, 1.807) is 0 Å². The maximum atomic E-state index is 4.37. The number of anilines is 1. The van der Waals surface area contributed by atoms with Gasteiger partial charge in [-0.15, -0.1) is 0 Å². The van der Waals surface area contributed by atoms with Crippen molar-refractivity contribution >= 4 is 21.7 Å². The first kappa shape index (κ1) is 14.5. The van der Waals surface area contributed by atoms with Crippen LogP contribution in [0.2, 0.25) is 0 Å². The van der Waals surface area contributed by atoms with E-state index in [2.05, 4.69) is 58.0 Å². The normalized spacial score (nSPS) is 10.9. The summed E-state index contributed by atoms with van der Waals surface area (Å²) < 4.78 is 1.03. The Bertz CT molecular complexity index is 341. The van der Waals surface area contributed by atoms with Crippen LogP contribution in [-0.4, -0.2) is 36.1 Å². The highest BCUT2D eigenvalue weighted by atomic mass is 79.9. The maximum absolute atomic E-state index is 4.37. The predicted octanol–water partition coefficient (Wildman–Crippen LogP) is 3.30. The van der Waals surface area contributed by atoms with E-state index in [1.165, 1.54) is 18.5 Å². The van der Waals surface area contributed by atoms with Gasteiger partial charge in [0.05, 0.1) is 0 Å². The lowest BCUT2D eigenvalue weighted by molar-refractivity contribution is 0.300. The maximum Gasteiger partial charge on any atom is 0.128 e. The van der Waals surface area contributed by atoms with Crippen molar-refractivity contribution in [3.8, 4) is 0 Å². The van der Waals surface area contributed by atoms with Crippen LogP contribution >= 0.6 is 15.9 Å². The summed E-state index contributed by atoms with van der Waals surface area (Å²) in [6, 6.07) is 2.08. The number of pyridine rings is 1. The lowest BCUT2D eigenvalue weighted by Crippen LogP contribution is -2.29. The molecule has 1 aromatic rings. The molecule has 0 amide bonds. The second-order valence-electron chi connectivity index (χ2n) is 4.18. The van der Waals surface area contributed by atoms with Crippen molar-refractivity contribution in [3.05, 3.63) is 22.3 Å². The van der Waals surface area contributed by atoms with Crippen LogP contribution in [-0.2, 0) is 0 Å². The molecule has 1 N–H and O–H groups in total. The van der Waals surface area contributed by atoms with Gasteiger partial charge in [-0.1, -0.05) is 13.8 Å². The second kappa shape index (κ2) is 7.67. The predicted molar refractivity (Wildman–Crippen MR) is 77.6 cm³/mol. The average molecular weight is 300 g/mol. The van der Waals surface area contributed by atoms with Gasteiger partial charge in [-0.05, 0) is 54.0 Å². The molecule has 1 rings (SSSR count). The number of hydrogen-bond donors (Lipinski definition) is 1. The Morgan fingerprint density at radius 3 is 2.71 bits per heavy atom. The zero-order chi connectivity index (χ0) is 12.7. The zero-order valence-electron chi connectivity index (χ0n) is 11.0. The van der Waals surface area contributed by atoms with Crippen LogP contribution in [0.1, 0.15) is 25.8 Å². The monoisotopic (exact) mass is 299 g/mol. The smallest absolute Gasteiger partial charge is 0.128 e. The molecule has 0 unspecified atom stereocenters. The summed E-state index contributed by atoms with van der Waals surface area (Å²) in [4.78, 5) is 6.82. The first-order chi connectivity index (χ1) is 8.17. The Morgan fingerprint density at radius 2 is 2.12 bits per heavy atom. The molecule has 1 heterocycles. The average Bonchev–Trinajstić information content (AvgIpc) is 2.30. The molecule has 17 heavy (non-hydrogen) atoms. The van der Waals surface area contributed by atoms with E-state index in [9.17, 15) is 0 Å². The van der Waals surface area contributed by atoms with Gasteiger partial charge in [0.2, 0.25) is 0 Å². The molecule has 1 aromatic heterocycles. The number of nitrogens with zero attached hydrogens (tertiary/aromatic N) is 2. The fraction of sp³-hybridized carbons (Fsp3) is 0.615. The minimum Gasteiger partial charge on any atom is -0.369 e. The van der Waals surface area contributed by atoms with Crippen molar-refractivity contribution in [3.63, 3.8) is 0 Å². The van der Waals surface area contributed by atoms with Gasteiger partial charge in [-0.2, -0.15) is 0 Å². The van der Waals surface area contributed by atoms with Crippen molar-refractivity contribution in [2.75, 3.05) is 31.5 Å². The number of likely N-dealkylation sites (N-methyl/N-ethyl adjacent to an activating group) is 1. The minimum atomic E-state index is 0.948. The summed E-state index contributed by atoms with van der Waals surface area (Å²) in [6.45, 7) is 10.8. The topological polar surface area (TPSA) is 28.2 Å². The van der Waals surface area contributed by atoms with E-state index >= 15 is 0 Å². The number of halogens is 1. The SMILES string of the molecule is CCCN(CC)CCNc1ncc(Br)cc1C. The standard InChI is InChI=1S/C13H22BrN3/c1-4-7-17(5-2)8-6-15-13-11(3)9-12(14)10-16-13/h9-10H,4-8H2,1-3H3,(H,15,16). The van der Waals surface area contributed by atoms with Crippen molar-refractivity contribution < 1.29 is 0 Å². The Morgan fingerprint density at radius 1 is 1.35 bits per heavy atom. The molecule has 96 valence electrons. The summed E-state index contributed by atoms with van der Waals surface area (Å²) >= 11 is 3.42. The van der Waals surface area contributed by atoms with Gasteiger partial charge in [0.15, 0.2) is 0 Å². The molecule has 0 spiro atoms. The van der Waals surface area contributed by atoms with Crippen LogP contribution in [0.25, 0.3) is 0 Å². The van der Waals surface area contributed by atoms with Crippen molar-refractivity contribution in [2.24, 2.45) is 0 Å². The summed E-state index contributed by atoms with van der Waals surface area (Å²) in [6.07, 6.45) is 3.04. The molecule has 0 aromatic carbocycles. The molecule has 0 aliphatic heterocycles. The van der Waals surface area contributed by atoms with Gasteiger partial charge in [-0.3, -0.25) is 0 Å². The minimum absolute atomic E-state index is 0.948. The quantitative estimate of drug-likeness (QED) is 0.837. The van der Waals surface area contributed by atoms with Crippen LogP contribution in [0.5, 0.6) is 0 Å². The molecule has 0 fully saturated rings. The second-order valence-corrected chi connectivity index (χ2v) is 5.10. The van der Waals surface area contributed by atoms with Crippen LogP contribution in [0.4, 0.5) is 5.82 Å². The number of nitrogens with one attached hydrogen (secondary N) is 1. The van der Waals surface area contributed by atoms with Gasteiger partial charge < -0.3 is 10.2 Å². The molecule has 0 bridgehead atoms. The molecular formula is C13H22BrN3. The van der Waals surface area contributed by atoms with Crippen LogP contribution in [0.15, 0.2) is 16.7 Å². The summed E-state index contributed by atoms with van der Waals surface area (Å²) in [5.41, 5.74) is 1.18. The Labute approximate surface area is 113 Å². The van der Waals surface area contributed by atoms with E-state index in [0.29, 0.717) is 0 Å². The molecule has 0 atom stereocenters. The van der Waals surface area contributed by atoms with E-state index in [4.69, 9.17) is 0 Å². The summed E-state index contributed by atoms with van der Waals surface area (Å²) in [5, 5.41) is 3.39. The molecular weight excluding hydrogens is 278 g/mol. The molecule has 0 aliphatic carbocycles. The van der Waals surface area contributed by atoms with Gasteiger partial charge in [0.1, 0.15) is 5.82 Å². The highest BCUT2D eigenvalue weighted by Crippen LogP contribution is 2.16. The van der Waals surface area contributed by atoms with E-state index in [1.807, 2.05) is 6.20 Å². The molecule has 4 heteroatoms. The lowest BCUT2D eigenvalue weighted by atomic mass is 10.3. The molecule has 0 radical (unpaired) electrons. The Kier molecular flexibility index (Phi) is 6.52. The number of rotatable bonds is 7. The largest absolute Gasteiger partial charge is 0.369 e. The van der Waals surface area contributed by atoms with Gasteiger partial charge in [-0.25, -0.2) is 4.98 Å². The highest BCUT2D eigenvalue weighted by molar-refractivity contribution is 9.10. The third kappa shape index (κ3) is 5.04. The zero-order valence-corrected chi connectivity index (χ0v) is 12.5. The number of aryl methyl sites for hydroxylation is 1. The molecule has 3 nitrogen and oxygen atoms in total. The van der Waals surface area contributed by atoms with E-state index in [-0.39, 0.29) is 0 Å². The summed E-state index contributed by atoms with van der Waals surface area (Å²) in [5.74, 6) is 0.987. The fourth-order valence-corrected chi connectivity index (χ4v) is 2.25. The molecule has 0 saturated heterocycles. The fourth-order valence-electron chi connectivity index (χ4n) is 1.80. The van der Waals surface area contributed by atoms with Gasteiger partial charge >= 0.3 is 0 Å². The Balaban J connectivity index is 2.39. The third-order valence-electron chi connectivity index (χ3n) is 2.75. The molecule has 0 aliphatic rings. The van der Waals surface area contributed by atoms with Crippen molar-refractivity contribution in [1.29, 1.82) is 0 Å². The van der Waals surface area contributed by atoms with Crippen LogP contribution < -0.4 is 5.32 Å². The first-order valence-electron chi connectivity index (χ1n) is 6.25. The number of aromatic nitrogens is 1. The van der Waals surface area contributed by atoms with Gasteiger partial charge in [0.25, 0.3) is 0 Å². The van der Waals surface area contributed by atoms with E-state index in [0.717, 1.165) is 29.9 Å². The first-order valence-corrected chi connectivity index (χ1v) is 7.05. The highest BCUT2D eigenvalue weighted by Gasteiger charge is 2.02. The van der Waals surface area contributed by atoms with Crippen molar-refractivity contribution in [2.45, 2.75) is 27.2 Å². The lowest BCUT2D eigenvalue weighted by Gasteiger charge is -2.20. The third-order valence-corrected chi connectivity index (χ3v) is 3.19. The van der Waals surface area contributed by atoms with E-state index < -0.39 is 0 Å². The van der Waals surface area contributed by atoms with Crippen LogP contribution in [0.3, 0.4) is 0 Å². The van der Waals surface area contributed by atoms with Crippen LogP contribution in [0, 0.1) is 6.92 Å². The summed E-state index contributed by atoms with van der Waals surface area (Å²) in [7, 11) is 0. The Hall–Kier alpha value is -0.610. The van der Waals surface area contributed by atoms with Crippen molar-refractivity contribution in [1.82, 2.24) is 9.88 Å². The number of hydrogen-bond acceptors (Lipinski definition) is 3. The molecule has 0 saturated carbocycles. The van der Waals surface area contributed by atoms with Gasteiger partial charge in [0, 0.05) is 23.8 Å².